The number of piperidine rings is 1. The molecule has 30 heavy (non-hydrogen) atoms. The minimum Gasteiger partial charge on any atom is -0.480 e. The molecule has 3 N–H and O–H groups in total. The van der Waals surface area contributed by atoms with E-state index in [4.69, 9.17) is 15.8 Å². The summed E-state index contributed by atoms with van der Waals surface area (Å²) in [4.78, 5) is 22.5. The molecule has 4 aromatic rings. The first-order valence-corrected chi connectivity index (χ1v) is 10.0. The van der Waals surface area contributed by atoms with E-state index in [9.17, 15) is 4.79 Å². The van der Waals surface area contributed by atoms with Crippen LogP contribution in [0.25, 0.3) is 27.7 Å². The molecule has 1 aliphatic heterocycles. The number of nitrogens with two attached hydrogens (primary N) is 1. The average Bonchev–Trinajstić information content (AvgIpc) is 3.18. The van der Waals surface area contributed by atoms with Gasteiger partial charge >= 0.3 is 5.97 Å². The summed E-state index contributed by atoms with van der Waals surface area (Å²) in [7, 11) is 0. The summed E-state index contributed by atoms with van der Waals surface area (Å²) in [6, 6.07) is 11.9. The topological polar surface area (TPSA) is 110 Å². The standard InChI is InChI=1S/C22H22N6O2/c23-20-9-19(15-5-3-7-27(12-15)13-21(29)30)26-22-17(11-25-28(20)22)16-8-14-4-1-2-6-18(14)24-10-16/h1-2,4,6,8-11,15H,3,5,7,12-13,23H2,(H,29,30). The molecule has 1 atom stereocenters. The van der Waals surface area contributed by atoms with Gasteiger partial charge in [-0.1, -0.05) is 18.2 Å². The van der Waals surface area contributed by atoms with Crippen molar-refractivity contribution in [3.8, 4) is 11.1 Å². The quantitative estimate of drug-likeness (QED) is 0.540. The lowest BCUT2D eigenvalue weighted by Gasteiger charge is -2.31. The predicted molar refractivity (Wildman–Crippen MR) is 114 cm³/mol. The molecule has 0 aliphatic carbocycles. The Bertz CT molecular complexity index is 1250. The smallest absolute Gasteiger partial charge is 0.317 e. The van der Waals surface area contributed by atoms with Crippen LogP contribution in [0.3, 0.4) is 0 Å². The number of aromatic nitrogens is 4. The van der Waals surface area contributed by atoms with Crippen molar-refractivity contribution in [2.24, 2.45) is 0 Å². The number of aliphatic carboxylic acids is 1. The third kappa shape index (κ3) is 3.35. The second kappa shape index (κ2) is 7.38. The Morgan fingerprint density at radius 2 is 2.10 bits per heavy atom. The molecule has 1 saturated heterocycles. The van der Waals surface area contributed by atoms with Crippen molar-refractivity contribution < 1.29 is 9.90 Å². The number of para-hydroxylation sites is 1. The van der Waals surface area contributed by atoms with Gasteiger partial charge in [0.15, 0.2) is 5.65 Å². The van der Waals surface area contributed by atoms with Crippen LogP contribution in [0.1, 0.15) is 24.5 Å². The number of hydrogen-bond donors (Lipinski definition) is 2. The van der Waals surface area contributed by atoms with Gasteiger partial charge in [0, 0.05) is 41.2 Å². The summed E-state index contributed by atoms with van der Waals surface area (Å²) >= 11 is 0. The maximum atomic E-state index is 11.1. The van der Waals surface area contributed by atoms with Crippen molar-refractivity contribution in [3.05, 3.63) is 54.5 Å². The van der Waals surface area contributed by atoms with Gasteiger partial charge in [-0.25, -0.2) is 4.98 Å². The Hall–Kier alpha value is -3.52. The van der Waals surface area contributed by atoms with Gasteiger partial charge in [-0.2, -0.15) is 9.61 Å². The lowest BCUT2D eigenvalue weighted by Crippen LogP contribution is -2.38. The monoisotopic (exact) mass is 402 g/mol. The van der Waals surface area contributed by atoms with Crippen LogP contribution in [0.2, 0.25) is 0 Å². The molecule has 0 amide bonds. The van der Waals surface area contributed by atoms with Gasteiger partial charge in [0.2, 0.25) is 0 Å². The number of hydrogen-bond acceptors (Lipinski definition) is 6. The van der Waals surface area contributed by atoms with Crippen molar-refractivity contribution in [1.29, 1.82) is 0 Å². The van der Waals surface area contributed by atoms with Gasteiger partial charge in [-0.3, -0.25) is 14.7 Å². The Morgan fingerprint density at radius 1 is 1.23 bits per heavy atom. The van der Waals surface area contributed by atoms with E-state index in [2.05, 4.69) is 16.1 Å². The van der Waals surface area contributed by atoms with Crippen LogP contribution < -0.4 is 5.73 Å². The lowest BCUT2D eigenvalue weighted by molar-refractivity contribution is -0.138. The minimum atomic E-state index is -0.805. The molecule has 0 saturated carbocycles. The molecule has 0 radical (unpaired) electrons. The highest BCUT2D eigenvalue weighted by Crippen LogP contribution is 2.31. The fourth-order valence-corrected chi connectivity index (χ4v) is 4.27. The molecule has 4 heterocycles. The summed E-state index contributed by atoms with van der Waals surface area (Å²) < 4.78 is 1.64. The number of benzene rings is 1. The number of carbonyl (C=O) groups is 1. The van der Waals surface area contributed by atoms with Gasteiger partial charge in [-0.15, -0.1) is 0 Å². The SMILES string of the molecule is Nc1cc(C2CCCN(CC(=O)O)C2)nc2c(-c3cnc4ccccc4c3)cnn12. The first-order valence-electron chi connectivity index (χ1n) is 10.0. The molecular formula is C22H22N6O2. The van der Waals surface area contributed by atoms with Gasteiger partial charge in [0.05, 0.1) is 24.0 Å². The zero-order valence-electron chi connectivity index (χ0n) is 16.4. The summed E-state index contributed by atoms with van der Waals surface area (Å²) in [6.07, 6.45) is 5.50. The molecule has 0 spiro atoms. The van der Waals surface area contributed by atoms with E-state index in [0.717, 1.165) is 47.1 Å². The molecule has 1 aromatic carbocycles. The summed E-state index contributed by atoms with van der Waals surface area (Å²) in [5, 5.41) is 14.6. The Morgan fingerprint density at radius 3 is 2.97 bits per heavy atom. The van der Waals surface area contributed by atoms with Gasteiger partial charge in [-0.05, 0) is 31.5 Å². The Labute approximate surface area is 173 Å². The molecule has 0 bridgehead atoms. The van der Waals surface area contributed by atoms with E-state index in [-0.39, 0.29) is 12.5 Å². The average molecular weight is 402 g/mol. The van der Waals surface area contributed by atoms with Crippen LogP contribution in [0.4, 0.5) is 5.82 Å². The van der Waals surface area contributed by atoms with Crippen LogP contribution >= 0.6 is 0 Å². The Kier molecular flexibility index (Phi) is 4.55. The Balaban J connectivity index is 1.55. The number of rotatable bonds is 4. The summed E-state index contributed by atoms with van der Waals surface area (Å²) in [5.74, 6) is -0.145. The summed E-state index contributed by atoms with van der Waals surface area (Å²) in [6.45, 7) is 1.51. The second-order valence-corrected chi connectivity index (χ2v) is 7.78. The number of anilines is 1. The molecule has 8 nitrogen and oxygen atoms in total. The second-order valence-electron chi connectivity index (χ2n) is 7.78. The zero-order valence-corrected chi connectivity index (χ0v) is 16.4. The van der Waals surface area contributed by atoms with Gasteiger partial charge in [0.1, 0.15) is 5.82 Å². The maximum absolute atomic E-state index is 11.1. The van der Waals surface area contributed by atoms with Crippen molar-refractivity contribution in [3.63, 3.8) is 0 Å². The van der Waals surface area contributed by atoms with Crippen molar-refractivity contribution >= 4 is 28.3 Å². The van der Waals surface area contributed by atoms with E-state index in [0.29, 0.717) is 18.0 Å². The molecular weight excluding hydrogens is 380 g/mol. The lowest BCUT2D eigenvalue weighted by atomic mass is 9.94. The minimum absolute atomic E-state index is 0.0505. The molecule has 5 rings (SSSR count). The van der Waals surface area contributed by atoms with E-state index in [1.165, 1.54) is 0 Å². The first-order chi connectivity index (χ1) is 14.6. The predicted octanol–water partition coefficient (Wildman–Crippen LogP) is 2.79. The highest BCUT2D eigenvalue weighted by molar-refractivity contribution is 5.86. The van der Waals surface area contributed by atoms with Crippen LogP contribution in [-0.4, -0.2) is 55.2 Å². The normalized spacial score (nSPS) is 17.5. The summed E-state index contributed by atoms with van der Waals surface area (Å²) in [5.41, 5.74) is 10.6. The third-order valence-electron chi connectivity index (χ3n) is 5.70. The number of nitrogen functional groups attached to an aromatic ring is 1. The molecule has 152 valence electrons. The number of pyridine rings is 1. The van der Waals surface area contributed by atoms with E-state index < -0.39 is 5.97 Å². The van der Waals surface area contributed by atoms with Crippen molar-refractivity contribution in [2.75, 3.05) is 25.4 Å². The highest BCUT2D eigenvalue weighted by Gasteiger charge is 2.25. The molecule has 1 fully saturated rings. The molecule has 8 heteroatoms. The van der Waals surface area contributed by atoms with Crippen molar-refractivity contribution in [1.82, 2.24) is 24.5 Å². The number of carboxylic acid groups (broad SMARTS) is 1. The first kappa shape index (κ1) is 18.5. The molecule has 3 aromatic heterocycles. The zero-order chi connectivity index (χ0) is 20.7. The van der Waals surface area contributed by atoms with Gasteiger partial charge in [0.25, 0.3) is 0 Å². The number of nitrogens with zero attached hydrogens (tertiary/aromatic N) is 5. The number of likely N-dealkylation sites (tertiary alicyclic amines) is 1. The number of fused-ring (bicyclic) bond motifs is 2. The highest BCUT2D eigenvalue weighted by atomic mass is 16.4. The van der Waals surface area contributed by atoms with Crippen LogP contribution in [0.15, 0.2) is 48.8 Å². The van der Waals surface area contributed by atoms with Gasteiger partial charge < -0.3 is 10.8 Å². The third-order valence-corrected chi connectivity index (χ3v) is 5.70. The van der Waals surface area contributed by atoms with Crippen LogP contribution in [-0.2, 0) is 4.79 Å². The fourth-order valence-electron chi connectivity index (χ4n) is 4.27. The van der Waals surface area contributed by atoms with Crippen molar-refractivity contribution in [2.45, 2.75) is 18.8 Å². The van der Waals surface area contributed by atoms with E-state index in [1.54, 1.807) is 10.7 Å². The molecule has 1 unspecified atom stereocenters. The number of carboxylic acids is 1. The maximum Gasteiger partial charge on any atom is 0.317 e. The largest absolute Gasteiger partial charge is 0.480 e. The van der Waals surface area contributed by atoms with E-state index in [1.807, 2.05) is 41.4 Å². The van der Waals surface area contributed by atoms with Crippen LogP contribution in [0, 0.1) is 0 Å². The fraction of sp³-hybridized carbons (Fsp3) is 0.273. The van der Waals surface area contributed by atoms with E-state index >= 15 is 0 Å². The van der Waals surface area contributed by atoms with Crippen LogP contribution in [0.5, 0.6) is 0 Å². The molecule has 1 aliphatic rings.